The second kappa shape index (κ2) is 6.23. The Morgan fingerprint density at radius 1 is 1.32 bits per heavy atom. The summed E-state index contributed by atoms with van der Waals surface area (Å²) in [5, 5.41) is 0. The van der Waals surface area contributed by atoms with E-state index < -0.39 is 6.04 Å². The molecule has 0 aliphatic carbocycles. The van der Waals surface area contributed by atoms with Crippen molar-refractivity contribution in [1.29, 1.82) is 0 Å². The molecular formula is C15H29NO3. The number of nitrogens with two attached hydrogens (primary N) is 1. The zero-order valence-corrected chi connectivity index (χ0v) is 13.0. The van der Waals surface area contributed by atoms with Gasteiger partial charge in [-0.1, -0.05) is 13.3 Å². The minimum atomic E-state index is -0.542. The van der Waals surface area contributed by atoms with E-state index in [4.69, 9.17) is 15.2 Å². The van der Waals surface area contributed by atoms with E-state index in [1.54, 1.807) is 0 Å². The van der Waals surface area contributed by atoms with Crippen molar-refractivity contribution in [3.05, 3.63) is 0 Å². The first-order chi connectivity index (χ1) is 8.67. The highest BCUT2D eigenvalue weighted by Crippen LogP contribution is 2.39. The van der Waals surface area contributed by atoms with E-state index in [0.29, 0.717) is 6.61 Å². The Balaban J connectivity index is 2.60. The summed E-state index contributed by atoms with van der Waals surface area (Å²) in [6.45, 7) is 10.7. The van der Waals surface area contributed by atoms with Gasteiger partial charge in [0.05, 0.1) is 17.8 Å². The Morgan fingerprint density at radius 2 is 1.84 bits per heavy atom. The topological polar surface area (TPSA) is 61.5 Å². The summed E-state index contributed by atoms with van der Waals surface area (Å²) in [5.74, 6) is -0.153. The molecule has 2 N–H and O–H groups in total. The zero-order valence-electron chi connectivity index (χ0n) is 13.0. The molecule has 1 unspecified atom stereocenters. The molecule has 1 rings (SSSR count). The molecule has 0 spiro atoms. The molecule has 4 nitrogen and oxygen atoms in total. The third-order valence-electron chi connectivity index (χ3n) is 3.58. The lowest BCUT2D eigenvalue weighted by molar-refractivity contribution is -0.179. The summed E-state index contributed by atoms with van der Waals surface area (Å²) in [7, 11) is 0. The van der Waals surface area contributed by atoms with Crippen molar-refractivity contribution >= 4 is 5.97 Å². The number of hydrogen-bond acceptors (Lipinski definition) is 4. The van der Waals surface area contributed by atoms with Gasteiger partial charge in [0, 0.05) is 0 Å². The van der Waals surface area contributed by atoms with Crippen LogP contribution in [-0.2, 0) is 14.3 Å². The molecule has 0 bridgehead atoms. The fourth-order valence-electron chi connectivity index (χ4n) is 3.03. The van der Waals surface area contributed by atoms with Gasteiger partial charge in [0.25, 0.3) is 0 Å². The van der Waals surface area contributed by atoms with Gasteiger partial charge in [-0.25, -0.2) is 0 Å². The van der Waals surface area contributed by atoms with Crippen LogP contribution < -0.4 is 5.73 Å². The van der Waals surface area contributed by atoms with Gasteiger partial charge in [-0.3, -0.25) is 4.79 Å². The van der Waals surface area contributed by atoms with E-state index >= 15 is 0 Å². The largest absolute Gasteiger partial charge is 0.465 e. The molecule has 0 radical (unpaired) electrons. The third-order valence-corrected chi connectivity index (χ3v) is 3.58. The van der Waals surface area contributed by atoms with Crippen LogP contribution in [0.4, 0.5) is 0 Å². The first-order valence-electron chi connectivity index (χ1n) is 7.29. The van der Waals surface area contributed by atoms with E-state index in [0.717, 1.165) is 25.7 Å². The SMILES string of the molecule is CCCCOC(=O)C(N)C1CC(C)(C)OC(C)(C)C1. The Hall–Kier alpha value is -0.610. The molecule has 112 valence electrons. The molecule has 0 amide bonds. The Bertz CT molecular complexity index is 297. The van der Waals surface area contributed by atoms with Crippen molar-refractivity contribution in [2.24, 2.45) is 11.7 Å². The average Bonchev–Trinajstić information content (AvgIpc) is 2.24. The molecule has 1 fully saturated rings. The fourth-order valence-corrected chi connectivity index (χ4v) is 3.03. The van der Waals surface area contributed by atoms with Crippen LogP contribution in [0, 0.1) is 5.92 Å². The van der Waals surface area contributed by atoms with Crippen LogP contribution in [0.1, 0.15) is 60.3 Å². The highest BCUT2D eigenvalue weighted by molar-refractivity contribution is 5.75. The first kappa shape index (κ1) is 16.4. The number of carbonyl (C=O) groups is 1. The van der Waals surface area contributed by atoms with E-state index in [9.17, 15) is 4.79 Å². The molecule has 0 aromatic carbocycles. The van der Waals surface area contributed by atoms with Crippen molar-refractivity contribution in [3.8, 4) is 0 Å². The van der Waals surface area contributed by atoms with Crippen molar-refractivity contribution in [1.82, 2.24) is 0 Å². The third kappa shape index (κ3) is 5.11. The lowest BCUT2D eigenvalue weighted by Gasteiger charge is -2.46. The lowest BCUT2D eigenvalue weighted by atomic mass is 9.77. The predicted octanol–water partition coefficient (Wildman–Crippen LogP) is 2.64. The second-order valence-electron chi connectivity index (χ2n) is 6.84. The van der Waals surface area contributed by atoms with Gasteiger partial charge < -0.3 is 15.2 Å². The van der Waals surface area contributed by atoms with Crippen LogP contribution in [-0.4, -0.2) is 29.8 Å². The van der Waals surface area contributed by atoms with Crippen LogP contribution in [0.2, 0.25) is 0 Å². The molecule has 1 aliphatic rings. The maximum atomic E-state index is 12.0. The molecule has 1 atom stereocenters. The highest BCUT2D eigenvalue weighted by atomic mass is 16.5. The molecule has 1 saturated heterocycles. The molecule has 0 aromatic heterocycles. The minimum absolute atomic E-state index is 0.118. The first-order valence-corrected chi connectivity index (χ1v) is 7.29. The summed E-state index contributed by atoms with van der Waals surface area (Å²) >= 11 is 0. The van der Waals surface area contributed by atoms with Gasteiger partial charge in [-0.15, -0.1) is 0 Å². The van der Waals surface area contributed by atoms with Crippen LogP contribution in [0.5, 0.6) is 0 Å². The smallest absolute Gasteiger partial charge is 0.323 e. The standard InChI is InChI=1S/C15H29NO3/c1-6-7-8-18-13(17)12(16)11-9-14(2,3)19-15(4,5)10-11/h11-12H,6-10,16H2,1-5H3. The Morgan fingerprint density at radius 3 is 2.32 bits per heavy atom. The summed E-state index contributed by atoms with van der Waals surface area (Å²) in [6, 6.07) is -0.542. The number of rotatable bonds is 5. The van der Waals surface area contributed by atoms with Crippen molar-refractivity contribution in [3.63, 3.8) is 0 Å². The highest BCUT2D eigenvalue weighted by Gasteiger charge is 2.43. The van der Waals surface area contributed by atoms with Gasteiger partial charge in [-0.05, 0) is 52.9 Å². The van der Waals surface area contributed by atoms with Crippen molar-refractivity contribution in [2.45, 2.75) is 77.5 Å². The van der Waals surface area contributed by atoms with E-state index in [2.05, 4.69) is 34.6 Å². The van der Waals surface area contributed by atoms with E-state index in [1.165, 1.54) is 0 Å². The van der Waals surface area contributed by atoms with Gasteiger partial charge in [0.2, 0.25) is 0 Å². The van der Waals surface area contributed by atoms with Gasteiger partial charge >= 0.3 is 5.97 Å². The van der Waals surface area contributed by atoms with Gasteiger partial charge in [-0.2, -0.15) is 0 Å². The number of carbonyl (C=O) groups excluding carboxylic acids is 1. The summed E-state index contributed by atoms with van der Waals surface area (Å²) in [5.41, 5.74) is 5.60. The minimum Gasteiger partial charge on any atom is -0.465 e. The monoisotopic (exact) mass is 271 g/mol. The average molecular weight is 271 g/mol. The van der Waals surface area contributed by atoms with Crippen LogP contribution in [0.25, 0.3) is 0 Å². The lowest BCUT2D eigenvalue weighted by Crippen LogP contribution is -2.52. The molecule has 0 saturated carbocycles. The number of hydrogen-bond donors (Lipinski definition) is 1. The van der Waals surface area contributed by atoms with Crippen molar-refractivity contribution in [2.75, 3.05) is 6.61 Å². The van der Waals surface area contributed by atoms with Crippen LogP contribution in [0.3, 0.4) is 0 Å². The molecule has 19 heavy (non-hydrogen) atoms. The number of unbranched alkanes of at least 4 members (excludes halogenated alkanes) is 1. The molecule has 1 aliphatic heterocycles. The van der Waals surface area contributed by atoms with E-state index in [1.807, 2.05) is 0 Å². The van der Waals surface area contributed by atoms with Gasteiger partial charge in [0.15, 0.2) is 0 Å². The molecule has 1 heterocycles. The molecule has 0 aromatic rings. The van der Waals surface area contributed by atoms with Crippen LogP contribution >= 0.6 is 0 Å². The summed E-state index contributed by atoms with van der Waals surface area (Å²) < 4.78 is 11.2. The number of ether oxygens (including phenoxy) is 2. The van der Waals surface area contributed by atoms with Crippen LogP contribution in [0.15, 0.2) is 0 Å². The van der Waals surface area contributed by atoms with Crippen molar-refractivity contribution < 1.29 is 14.3 Å². The number of esters is 1. The normalized spacial score (nSPS) is 23.9. The van der Waals surface area contributed by atoms with Gasteiger partial charge in [0.1, 0.15) is 6.04 Å². The predicted molar refractivity (Wildman–Crippen MR) is 75.8 cm³/mol. The summed E-state index contributed by atoms with van der Waals surface area (Å²) in [6.07, 6.45) is 3.49. The zero-order chi connectivity index (χ0) is 14.7. The maximum Gasteiger partial charge on any atom is 0.323 e. The summed E-state index contributed by atoms with van der Waals surface area (Å²) in [4.78, 5) is 12.0. The second-order valence-corrected chi connectivity index (χ2v) is 6.84. The Labute approximate surface area is 117 Å². The Kier molecular flexibility index (Phi) is 5.39. The molecule has 4 heteroatoms. The molecular weight excluding hydrogens is 242 g/mol. The van der Waals surface area contributed by atoms with E-state index in [-0.39, 0.29) is 23.1 Å². The fraction of sp³-hybridized carbons (Fsp3) is 0.933. The quantitative estimate of drug-likeness (QED) is 0.617. The maximum absolute atomic E-state index is 12.0.